The Labute approximate surface area is 116 Å². The van der Waals surface area contributed by atoms with Crippen LogP contribution in [-0.2, 0) is 5.75 Å². The third kappa shape index (κ3) is 3.35. The Hall–Kier alpha value is -1.37. The molecule has 0 unspecified atom stereocenters. The van der Waals surface area contributed by atoms with Crippen molar-refractivity contribution < 1.29 is 19.2 Å². The van der Waals surface area contributed by atoms with Crippen LogP contribution in [0.1, 0.15) is 11.3 Å². The third-order valence-corrected chi connectivity index (χ3v) is 3.99. The molecule has 2 N–H and O–H groups in total. The molecule has 0 atom stereocenters. The minimum Gasteiger partial charge on any atom is -0.497 e. The second kappa shape index (κ2) is 6.19. The number of aryl methyl sites for hydroxylation is 1. The van der Waals surface area contributed by atoms with E-state index < -0.39 is 7.12 Å². The number of hydrogen-bond donors (Lipinski definition) is 2. The molecule has 0 aliphatic carbocycles. The molecule has 1 aromatic carbocycles. The van der Waals surface area contributed by atoms with E-state index in [-0.39, 0.29) is 0 Å². The highest BCUT2D eigenvalue weighted by Crippen LogP contribution is 2.27. The predicted octanol–water partition coefficient (Wildman–Crippen LogP) is 1.57. The fourth-order valence-corrected chi connectivity index (χ4v) is 2.66. The summed E-state index contributed by atoms with van der Waals surface area (Å²) in [7, 11) is -0.0275. The van der Waals surface area contributed by atoms with Crippen molar-refractivity contribution in [2.45, 2.75) is 17.6 Å². The van der Waals surface area contributed by atoms with E-state index in [0.717, 1.165) is 22.0 Å². The molecule has 0 aliphatic rings. The van der Waals surface area contributed by atoms with E-state index in [1.54, 1.807) is 30.2 Å². The maximum absolute atomic E-state index is 9.31. The molecule has 0 saturated heterocycles. The van der Waals surface area contributed by atoms with Gasteiger partial charge in [-0.3, -0.25) is 0 Å². The molecule has 1 aromatic heterocycles. The summed E-state index contributed by atoms with van der Waals surface area (Å²) >= 11 is 1.64. The quantitative estimate of drug-likeness (QED) is 0.642. The third-order valence-electron chi connectivity index (χ3n) is 2.78. The van der Waals surface area contributed by atoms with Crippen LogP contribution in [-0.4, -0.2) is 24.3 Å². The fraction of sp³-hybridized carbons (Fsp3) is 0.231. The minimum atomic E-state index is -1.53. The van der Waals surface area contributed by atoms with Gasteiger partial charge < -0.3 is 19.2 Å². The highest BCUT2D eigenvalue weighted by molar-refractivity contribution is 7.98. The summed E-state index contributed by atoms with van der Waals surface area (Å²) in [6.07, 6.45) is 1.66. The van der Waals surface area contributed by atoms with Gasteiger partial charge in [-0.15, -0.1) is 11.8 Å². The van der Waals surface area contributed by atoms with Gasteiger partial charge >= 0.3 is 7.12 Å². The molecule has 0 amide bonds. The monoisotopic (exact) mass is 278 g/mol. The van der Waals surface area contributed by atoms with Gasteiger partial charge in [-0.2, -0.15) is 0 Å². The van der Waals surface area contributed by atoms with Crippen LogP contribution >= 0.6 is 11.8 Å². The minimum absolute atomic E-state index is 0.379. The Balaban J connectivity index is 2.13. The number of furan rings is 1. The number of methoxy groups -OCH3 is 1. The van der Waals surface area contributed by atoms with Crippen LogP contribution in [0.25, 0.3) is 0 Å². The Morgan fingerprint density at radius 2 is 2.11 bits per heavy atom. The maximum Gasteiger partial charge on any atom is 0.492 e. The number of rotatable bonds is 5. The number of hydrogen-bond acceptors (Lipinski definition) is 5. The zero-order valence-electron chi connectivity index (χ0n) is 10.8. The van der Waals surface area contributed by atoms with Crippen LogP contribution in [0.2, 0.25) is 0 Å². The maximum atomic E-state index is 9.31. The molecule has 0 fully saturated rings. The Morgan fingerprint density at radius 3 is 2.68 bits per heavy atom. The summed E-state index contributed by atoms with van der Waals surface area (Å²) in [5.41, 5.74) is 1.37. The molecular formula is C13H15BO4S. The molecule has 6 heteroatoms. The standard InChI is InChI=1S/C13H15BO4S/c1-9-13(5-6-18-9)19-8-10-3-4-12(17-2)11(7-10)14(15)16/h3-7,15-16H,8H2,1-2H3. The molecule has 0 aliphatic heterocycles. The second-order valence-corrected chi connectivity index (χ2v) is 5.10. The molecule has 100 valence electrons. The van der Waals surface area contributed by atoms with Gasteiger partial charge in [-0.05, 0) is 24.6 Å². The van der Waals surface area contributed by atoms with Crippen LogP contribution in [0.5, 0.6) is 5.75 Å². The van der Waals surface area contributed by atoms with Crippen molar-refractivity contribution in [2.24, 2.45) is 0 Å². The number of benzene rings is 1. The molecule has 2 aromatic rings. The summed E-state index contributed by atoms with van der Waals surface area (Å²) < 4.78 is 10.3. The lowest BCUT2D eigenvalue weighted by atomic mass is 9.79. The Bertz CT molecular complexity index is 553. The second-order valence-electron chi connectivity index (χ2n) is 4.08. The highest BCUT2D eigenvalue weighted by atomic mass is 32.2. The first kappa shape index (κ1) is 14.1. The number of ether oxygens (including phenoxy) is 1. The zero-order chi connectivity index (χ0) is 13.8. The lowest BCUT2D eigenvalue weighted by molar-refractivity contribution is 0.403. The highest BCUT2D eigenvalue weighted by Gasteiger charge is 2.17. The Kier molecular flexibility index (Phi) is 4.58. The lowest BCUT2D eigenvalue weighted by Crippen LogP contribution is -2.31. The fourth-order valence-electron chi connectivity index (χ4n) is 1.76. The number of thioether (sulfide) groups is 1. The average molecular weight is 278 g/mol. The largest absolute Gasteiger partial charge is 0.497 e. The van der Waals surface area contributed by atoms with Gasteiger partial charge in [0.05, 0.1) is 13.4 Å². The van der Waals surface area contributed by atoms with Gasteiger partial charge in [0, 0.05) is 16.1 Å². The molecule has 4 nitrogen and oxygen atoms in total. The van der Waals surface area contributed by atoms with Crippen molar-refractivity contribution >= 4 is 24.3 Å². The van der Waals surface area contributed by atoms with E-state index in [1.807, 2.05) is 19.1 Å². The van der Waals surface area contributed by atoms with E-state index in [0.29, 0.717) is 11.2 Å². The first-order chi connectivity index (χ1) is 9.11. The van der Waals surface area contributed by atoms with E-state index in [2.05, 4.69) is 0 Å². The van der Waals surface area contributed by atoms with Crippen LogP contribution in [0.15, 0.2) is 39.8 Å². The van der Waals surface area contributed by atoms with Crippen molar-refractivity contribution in [3.8, 4) is 5.75 Å². The predicted molar refractivity (Wildman–Crippen MR) is 75.8 cm³/mol. The van der Waals surface area contributed by atoms with E-state index >= 15 is 0 Å². The average Bonchev–Trinajstić information content (AvgIpc) is 2.81. The molecule has 1 heterocycles. The van der Waals surface area contributed by atoms with Crippen molar-refractivity contribution in [3.05, 3.63) is 41.9 Å². The van der Waals surface area contributed by atoms with Crippen molar-refractivity contribution in [3.63, 3.8) is 0 Å². The molecule has 19 heavy (non-hydrogen) atoms. The van der Waals surface area contributed by atoms with E-state index in [4.69, 9.17) is 9.15 Å². The van der Waals surface area contributed by atoms with Crippen LogP contribution in [0.3, 0.4) is 0 Å². The SMILES string of the molecule is COc1ccc(CSc2ccoc2C)cc1B(O)O. The van der Waals surface area contributed by atoms with Gasteiger partial charge in [-0.1, -0.05) is 12.1 Å². The summed E-state index contributed by atoms with van der Waals surface area (Å²) in [4.78, 5) is 1.09. The van der Waals surface area contributed by atoms with Crippen LogP contribution < -0.4 is 10.2 Å². The van der Waals surface area contributed by atoms with E-state index in [1.165, 1.54) is 7.11 Å². The summed E-state index contributed by atoms with van der Waals surface area (Å²) in [5.74, 6) is 2.09. The van der Waals surface area contributed by atoms with Gasteiger partial charge in [0.25, 0.3) is 0 Å². The topological polar surface area (TPSA) is 62.8 Å². The molecule has 2 rings (SSSR count). The molecule has 0 bridgehead atoms. The normalized spacial score (nSPS) is 10.5. The summed E-state index contributed by atoms with van der Waals surface area (Å²) in [6, 6.07) is 7.32. The van der Waals surface area contributed by atoms with Gasteiger partial charge in [0.1, 0.15) is 11.5 Å². The van der Waals surface area contributed by atoms with Gasteiger partial charge in [0.2, 0.25) is 0 Å². The smallest absolute Gasteiger partial charge is 0.492 e. The Morgan fingerprint density at radius 1 is 1.32 bits per heavy atom. The summed E-state index contributed by atoms with van der Waals surface area (Å²) in [5, 5.41) is 18.6. The van der Waals surface area contributed by atoms with Gasteiger partial charge in [0.15, 0.2) is 0 Å². The lowest BCUT2D eigenvalue weighted by Gasteiger charge is -2.10. The van der Waals surface area contributed by atoms with Crippen molar-refractivity contribution in [1.29, 1.82) is 0 Å². The van der Waals surface area contributed by atoms with Crippen molar-refractivity contribution in [1.82, 2.24) is 0 Å². The zero-order valence-corrected chi connectivity index (χ0v) is 11.6. The van der Waals surface area contributed by atoms with Gasteiger partial charge in [-0.25, -0.2) is 0 Å². The first-order valence-corrected chi connectivity index (χ1v) is 6.80. The van der Waals surface area contributed by atoms with Crippen LogP contribution in [0, 0.1) is 6.92 Å². The molecule has 0 spiro atoms. The summed E-state index contributed by atoms with van der Waals surface area (Å²) in [6.45, 7) is 1.92. The molecular weight excluding hydrogens is 263 g/mol. The molecule has 0 radical (unpaired) electrons. The van der Waals surface area contributed by atoms with Crippen molar-refractivity contribution in [2.75, 3.05) is 7.11 Å². The molecule has 0 saturated carbocycles. The van der Waals surface area contributed by atoms with Crippen LogP contribution in [0.4, 0.5) is 0 Å². The van der Waals surface area contributed by atoms with E-state index in [9.17, 15) is 10.0 Å². The first-order valence-electron chi connectivity index (χ1n) is 5.81.